The van der Waals surface area contributed by atoms with Crippen LogP contribution < -0.4 is 27.3 Å². The fourth-order valence-corrected chi connectivity index (χ4v) is 2.86. The summed E-state index contributed by atoms with van der Waals surface area (Å²) in [6.45, 7) is 5.69. The molecule has 0 unspecified atom stereocenters. The molecule has 0 fully saturated rings. The topological polar surface area (TPSA) is 181 Å². The van der Waals surface area contributed by atoms with Crippen molar-refractivity contribution >= 4 is 41.1 Å². The number of amides is 1. The van der Waals surface area contributed by atoms with E-state index in [0.29, 0.717) is 12.3 Å². The van der Waals surface area contributed by atoms with E-state index in [2.05, 4.69) is 20.3 Å². The molecule has 1 heterocycles. The van der Waals surface area contributed by atoms with E-state index in [4.69, 9.17) is 38.3 Å². The van der Waals surface area contributed by atoms with E-state index in [1.165, 1.54) is 0 Å². The molecule has 184 valence electrons. The number of aliphatic imine (C=N–C) groups is 1. The molecule has 0 aliphatic carbocycles. The van der Waals surface area contributed by atoms with Crippen LogP contribution in [0.4, 0.5) is 11.6 Å². The van der Waals surface area contributed by atoms with Crippen LogP contribution in [-0.4, -0.2) is 46.6 Å². The van der Waals surface area contributed by atoms with Crippen molar-refractivity contribution < 1.29 is 19.1 Å². The number of carbonyl (C=O) groups excluding carboxylic acids is 2. The monoisotopic (exact) mass is 491 g/mol. The number of hydrogen-bond acceptors (Lipinski definition) is 9. The number of unbranched alkanes of at least 4 members (excludes halogenated alkanes) is 1. The molecule has 0 spiro atoms. The van der Waals surface area contributed by atoms with Gasteiger partial charge in [0.25, 0.3) is 5.91 Å². The first-order valence-electron chi connectivity index (χ1n) is 10.6. The van der Waals surface area contributed by atoms with Gasteiger partial charge in [-0.3, -0.25) is 15.1 Å². The highest BCUT2D eigenvalue weighted by molar-refractivity contribution is 6.31. The molecule has 7 N–H and O–H groups in total. The third kappa shape index (κ3) is 9.10. The van der Waals surface area contributed by atoms with Crippen molar-refractivity contribution in [2.24, 2.45) is 10.7 Å². The lowest BCUT2D eigenvalue weighted by Crippen LogP contribution is -2.38. The molecule has 0 atom stereocenters. The van der Waals surface area contributed by atoms with Crippen LogP contribution in [0.3, 0.4) is 0 Å². The molecule has 11 nitrogen and oxygen atoms in total. The maximum absolute atomic E-state index is 12.2. The molecule has 1 amide bonds. The van der Waals surface area contributed by atoms with Crippen LogP contribution in [0.25, 0.3) is 0 Å². The van der Waals surface area contributed by atoms with Gasteiger partial charge in [-0.25, -0.2) is 14.8 Å². The van der Waals surface area contributed by atoms with Gasteiger partial charge < -0.3 is 26.7 Å². The summed E-state index contributed by atoms with van der Waals surface area (Å²) in [6, 6.07) is 7.49. The smallest absolute Gasteiger partial charge is 0.344 e. The first kappa shape index (κ1) is 26.7. The fraction of sp³-hybridized carbons (Fsp3) is 0.409. The van der Waals surface area contributed by atoms with Gasteiger partial charge in [-0.2, -0.15) is 0 Å². The van der Waals surface area contributed by atoms with Gasteiger partial charge in [-0.15, -0.1) is 0 Å². The largest absolute Gasteiger partial charge is 0.482 e. The van der Waals surface area contributed by atoms with Gasteiger partial charge in [0.1, 0.15) is 11.4 Å². The van der Waals surface area contributed by atoms with Gasteiger partial charge in [-0.05, 0) is 57.7 Å². The summed E-state index contributed by atoms with van der Waals surface area (Å²) in [7, 11) is 0. The summed E-state index contributed by atoms with van der Waals surface area (Å²) >= 11 is 5.77. The number of rotatable bonds is 9. The van der Waals surface area contributed by atoms with Gasteiger partial charge in [0.2, 0.25) is 0 Å². The molecule has 2 aromatic rings. The number of nitrogen functional groups attached to an aromatic ring is 2. The number of aromatic nitrogens is 2. The lowest BCUT2D eigenvalue weighted by Gasteiger charge is -2.19. The molecular weight excluding hydrogens is 462 g/mol. The van der Waals surface area contributed by atoms with Crippen LogP contribution in [0.5, 0.6) is 5.75 Å². The van der Waals surface area contributed by atoms with Crippen LogP contribution in [0.1, 0.15) is 49.7 Å². The quantitative estimate of drug-likeness (QED) is 0.176. The van der Waals surface area contributed by atoms with Gasteiger partial charge in [0.05, 0.1) is 0 Å². The number of carbonyl (C=O) groups is 2. The third-order valence-electron chi connectivity index (χ3n) is 4.22. The summed E-state index contributed by atoms with van der Waals surface area (Å²) in [5.74, 6) is -0.793. The summed E-state index contributed by atoms with van der Waals surface area (Å²) in [5.41, 5.74) is 17.3. The highest BCUT2D eigenvalue weighted by Crippen LogP contribution is 2.17. The average Bonchev–Trinajstić information content (AvgIpc) is 2.74. The van der Waals surface area contributed by atoms with Gasteiger partial charge >= 0.3 is 5.97 Å². The summed E-state index contributed by atoms with van der Waals surface area (Å²) in [5, 5.41) is 2.26. The van der Waals surface area contributed by atoms with Crippen molar-refractivity contribution in [3.8, 4) is 5.75 Å². The number of nitrogens with two attached hydrogens (primary N) is 3. The van der Waals surface area contributed by atoms with E-state index in [9.17, 15) is 9.59 Å². The Morgan fingerprint density at radius 3 is 2.41 bits per heavy atom. The molecule has 0 saturated carbocycles. The van der Waals surface area contributed by atoms with Crippen molar-refractivity contribution in [3.63, 3.8) is 0 Å². The third-order valence-corrected chi connectivity index (χ3v) is 4.50. The zero-order valence-electron chi connectivity index (χ0n) is 19.4. The Hall–Kier alpha value is -3.60. The first-order valence-corrected chi connectivity index (χ1v) is 11.0. The van der Waals surface area contributed by atoms with Crippen molar-refractivity contribution in [2.75, 3.05) is 24.6 Å². The molecule has 0 aliphatic heterocycles. The Morgan fingerprint density at radius 2 is 1.76 bits per heavy atom. The number of esters is 1. The number of nitrogens with zero attached hydrogens (tertiary/aromatic N) is 3. The number of hydrogen-bond donors (Lipinski definition) is 4. The normalized spacial score (nSPS) is 11.7. The molecule has 0 aliphatic rings. The summed E-state index contributed by atoms with van der Waals surface area (Å²) < 4.78 is 10.7. The van der Waals surface area contributed by atoms with Crippen LogP contribution in [0.2, 0.25) is 5.15 Å². The maximum atomic E-state index is 12.2. The van der Waals surface area contributed by atoms with Crippen molar-refractivity contribution in [2.45, 2.75) is 45.6 Å². The predicted molar refractivity (Wildman–Crippen MR) is 131 cm³/mol. The Kier molecular flexibility index (Phi) is 9.43. The number of halogens is 1. The standard InChI is InChI=1S/C22H30ClN7O4/c1-22(2,3)34-15(31)12-33-14-9-7-13(8-10-14)6-4-5-11-27-21(26)30-20(32)16-18(24)29-19(25)17(23)28-16/h7-10H,4-6,11-12H2,1-3H3,(H4,24,25,29)(H3,26,27,30,32). The Balaban J connectivity index is 1.71. The number of aryl methyl sites for hydroxylation is 1. The molecule has 0 radical (unpaired) electrons. The molecule has 12 heteroatoms. The predicted octanol–water partition coefficient (Wildman–Crippen LogP) is 2.08. The summed E-state index contributed by atoms with van der Waals surface area (Å²) in [4.78, 5) is 35.6. The van der Waals surface area contributed by atoms with Crippen LogP contribution in [-0.2, 0) is 16.0 Å². The van der Waals surface area contributed by atoms with Crippen molar-refractivity contribution in [3.05, 3.63) is 40.7 Å². The number of benzene rings is 1. The Labute approximate surface area is 203 Å². The lowest BCUT2D eigenvalue weighted by atomic mass is 10.1. The summed E-state index contributed by atoms with van der Waals surface area (Å²) in [6.07, 6.45) is 2.43. The maximum Gasteiger partial charge on any atom is 0.344 e. The Bertz CT molecular complexity index is 1040. The molecule has 0 bridgehead atoms. The minimum atomic E-state index is -0.679. The lowest BCUT2D eigenvalue weighted by molar-refractivity contribution is -0.157. The number of guanidine groups is 1. The van der Waals surface area contributed by atoms with Crippen LogP contribution in [0, 0.1) is 0 Å². The zero-order valence-corrected chi connectivity index (χ0v) is 20.2. The Morgan fingerprint density at radius 1 is 1.09 bits per heavy atom. The van der Waals surface area contributed by atoms with E-state index < -0.39 is 17.5 Å². The minimum Gasteiger partial charge on any atom is -0.482 e. The minimum absolute atomic E-state index is 0.0642. The fourth-order valence-electron chi connectivity index (χ4n) is 2.73. The van der Waals surface area contributed by atoms with Gasteiger partial charge in [-0.1, -0.05) is 23.7 Å². The second-order valence-electron chi connectivity index (χ2n) is 8.33. The first-order chi connectivity index (χ1) is 15.9. The van der Waals surface area contributed by atoms with E-state index >= 15 is 0 Å². The highest BCUT2D eigenvalue weighted by atomic mass is 35.5. The number of ether oxygens (including phenoxy) is 2. The molecule has 34 heavy (non-hydrogen) atoms. The van der Waals surface area contributed by atoms with Crippen LogP contribution in [0.15, 0.2) is 29.3 Å². The van der Waals surface area contributed by atoms with Crippen LogP contribution >= 0.6 is 11.6 Å². The van der Waals surface area contributed by atoms with E-state index in [0.717, 1.165) is 24.8 Å². The second-order valence-corrected chi connectivity index (χ2v) is 8.69. The zero-order chi connectivity index (χ0) is 25.3. The molecule has 2 rings (SSSR count). The highest BCUT2D eigenvalue weighted by Gasteiger charge is 2.17. The molecule has 1 aromatic heterocycles. The molecule has 0 saturated heterocycles. The van der Waals surface area contributed by atoms with Crippen molar-refractivity contribution in [1.29, 1.82) is 0 Å². The molecular formula is C22H30ClN7O4. The van der Waals surface area contributed by atoms with E-state index in [-0.39, 0.29) is 35.0 Å². The molecule has 1 aromatic carbocycles. The number of anilines is 2. The van der Waals surface area contributed by atoms with E-state index in [1.807, 2.05) is 24.3 Å². The SMILES string of the molecule is CC(C)(C)OC(=O)COc1ccc(CCCCN=C(N)NC(=O)c2nc(Cl)c(N)nc2N)cc1. The average molecular weight is 492 g/mol. The van der Waals surface area contributed by atoms with Gasteiger partial charge in [0.15, 0.2) is 35.0 Å². The van der Waals surface area contributed by atoms with E-state index in [1.54, 1.807) is 20.8 Å². The van der Waals surface area contributed by atoms with Crippen molar-refractivity contribution in [1.82, 2.24) is 15.3 Å². The second kappa shape index (κ2) is 12.0. The van der Waals surface area contributed by atoms with Gasteiger partial charge in [0, 0.05) is 6.54 Å². The number of nitrogens with one attached hydrogen (secondary N) is 1.